The van der Waals surface area contributed by atoms with Crippen LogP contribution in [0.5, 0.6) is 5.75 Å². The Bertz CT molecular complexity index is 617. The zero-order valence-electron chi connectivity index (χ0n) is 13.7. The van der Waals surface area contributed by atoms with Crippen LogP contribution in [-0.2, 0) is 6.54 Å². The molecule has 2 aromatic carbocycles. The molecule has 2 rings (SSSR count). The normalized spacial score (nSPS) is 11.0. The summed E-state index contributed by atoms with van der Waals surface area (Å²) in [7, 11) is 1.72. The second-order valence-corrected chi connectivity index (χ2v) is 5.83. The van der Waals surface area contributed by atoms with Crippen molar-refractivity contribution in [2.45, 2.75) is 40.3 Å². The van der Waals surface area contributed by atoms with Crippen molar-refractivity contribution in [2.75, 3.05) is 7.11 Å². The maximum absolute atomic E-state index is 5.41. The second-order valence-electron chi connectivity index (χ2n) is 5.83. The molecule has 21 heavy (non-hydrogen) atoms. The Labute approximate surface area is 128 Å². The lowest BCUT2D eigenvalue weighted by atomic mass is 9.94. The number of hydrogen-bond donors (Lipinski definition) is 1. The van der Waals surface area contributed by atoms with E-state index in [1.807, 2.05) is 0 Å². The van der Waals surface area contributed by atoms with Gasteiger partial charge in [-0.15, -0.1) is 0 Å². The summed E-state index contributed by atoms with van der Waals surface area (Å²) in [6.45, 7) is 9.47. The molecular formula is C19H25NO. The molecule has 2 nitrogen and oxygen atoms in total. The SMILES string of the molecule is COc1cc(C)c(-c2ccccc2CNC(C)C)cc1C. The number of rotatable bonds is 5. The zero-order valence-corrected chi connectivity index (χ0v) is 13.7. The largest absolute Gasteiger partial charge is 0.496 e. The van der Waals surface area contributed by atoms with Crippen molar-refractivity contribution in [3.63, 3.8) is 0 Å². The van der Waals surface area contributed by atoms with Gasteiger partial charge in [-0.25, -0.2) is 0 Å². The van der Waals surface area contributed by atoms with Crippen LogP contribution in [0.25, 0.3) is 11.1 Å². The van der Waals surface area contributed by atoms with Gasteiger partial charge < -0.3 is 10.1 Å². The highest BCUT2D eigenvalue weighted by Gasteiger charge is 2.10. The zero-order chi connectivity index (χ0) is 15.4. The van der Waals surface area contributed by atoms with E-state index >= 15 is 0 Å². The smallest absolute Gasteiger partial charge is 0.122 e. The van der Waals surface area contributed by atoms with E-state index in [1.54, 1.807) is 7.11 Å². The Balaban J connectivity index is 2.44. The fourth-order valence-electron chi connectivity index (χ4n) is 2.55. The van der Waals surface area contributed by atoms with Gasteiger partial charge in [0.05, 0.1) is 7.11 Å². The van der Waals surface area contributed by atoms with Gasteiger partial charge in [0, 0.05) is 12.6 Å². The first-order chi connectivity index (χ1) is 10.0. The maximum Gasteiger partial charge on any atom is 0.122 e. The summed E-state index contributed by atoms with van der Waals surface area (Å²) in [5.74, 6) is 0.953. The van der Waals surface area contributed by atoms with E-state index in [2.05, 4.69) is 69.4 Å². The lowest BCUT2D eigenvalue weighted by Gasteiger charge is -2.16. The molecule has 0 saturated heterocycles. The van der Waals surface area contributed by atoms with Gasteiger partial charge in [-0.3, -0.25) is 0 Å². The van der Waals surface area contributed by atoms with Gasteiger partial charge in [-0.1, -0.05) is 38.1 Å². The Morgan fingerprint density at radius 2 is 1.71 bits per heavy atom. The van der Waals surface area contributed by atoms with E-state index in [0.29, 0.717) is 6.04 Å². The number of benzene rings is 2. The lowest BCUT2D eigenvalue weighted by Crippen LogP contribution is -2.22. The molecule has 0 fully saturated rings. The van der Waals surface area contributed by atoms with Gasteiger partial charge in [-0.2, -0.15) is 0 Å². The molecule has 2 heteroatoms. The average Bonchev–Trinajstić information content (AvgIpc) is 2.47. The first-order valence-corrected chi connectivity index (χ1v) is 7.49. The third kappa shape index (κ3) is 3.64. The summed E-state index contributed by atoms with van der Waals surface area (Å²) in [6, 6.07) is 13.4. The van der Waals surface area contributed by atoms with Crippen LogP contribution in [0.2, 0.25) is 0 Å². The van der Waals surface area contributed by atoms with Gasteiger partial charge in [-0.05, 0) is 53.8 Å². The van der Waals surface area contributed by atoms with Gasteiger partial charge in [0.2, 0.25) is 0 Å². The van der Waals surface area contributed by atoms with Gasteiger partial charge >= 0.3 is 0 Å². The molecule has 2 aromatic rings. The molecule has 112 valence electrons. The number of aryl methyl sites for hydroxylation is 2. The van der Waals surface area contributed by atoms with E-state index in [-0.39, 0.29) is 0 Å². The maximum atomic E-state index is 5.41. The molecule has 0 saturated carbocycles. The monoisotopic (exact) mass is 283 g/mol. The molecule has 0 heterocycles. The van der Waals surface area contributed by atoms with E-state index < -0.39 is 0 Å². The van der Waals surface area contributed by atoms with E-state index in [4.69, 9.17) is 4.74 Å². The molecular weight excluding hydrogens is 258 g/mol. The van der Waals surface area contributed by atoms with Crippen molar-refractivity contribution in [2.24, 2.45) is 0 Å². The van der Waals surface area contributed by atoms with Crippen LogP contribution in [0.3, 0.4) is 0 Å². The summed E-state index contributed by atoms with van der Waals surface area (Å²) in [6.07, 6.45) is 0. The van der Waals surface area contributed by atoms with Crippen LogP contribution >= 0.6 is 0 Å². The molecule has 0 atom stereocenters. The van der Waals surface area contributed by atoms with E-state index in [1.165, 1.54) is 27.8 Å². The molecule has 0 spiro atoms. The Kier molecular flexibility index (Phi) is 5.03. The summed E-state index contributed by atoms with van der Waals surface area (Å²) in [4.78, 5) is 0. The van der Waals surface area contributed by atoms with Crippen molar-refractivity contribution < 1.29 is 4.74 Å². The highest BCUT2D eigenvalue weighted by molar-refractivity contribution is 5.72. The minimum Gasteiger partial charge on any atom is -0.496 e. The quantitative estimate of drug-likeness (QED) is 0.873. The van der Waals surface area contributed by atoms with E-state index in [9.17, 15) is 0 Å². The average molecular weight is 283 g/mol. The number of methoxy groups -OCH3 is 1. The third-order valence-electron chi connectivity index (χ3n) is 3.75. The van der Waals surface area contributed by atoms with Crippen LogP contribution in [-0.4, -0.2) is 13.2 Å². The first-order valence-electron chi connectivity index (χ1n) is 7.49. The van der Waals surface area contributed by atoms with Crippen molar-refractivity contribution >= 4 is 0 Å². The summed E-state index contributed by atoms with van der Waals surface area (Å²) < 4.78 is 5.41. The Hall–Kier alpha value is -1.80. The highest BCUT2D eigenvalue weighted by Crippen LogP contribution is 2.32. The number of hydrogen-bond acceptors (Lipinski definition) is 2. The summed E-state index contributed by atoms with van der Waals surface area (Å²) >= 11 is 0. The molecule has 0 aromatic heterocycles. The fraction of sp³-hybridized carbons (Fsp3) is 0.368. The number of nitrogens with one attached hydrogen (secondary N) is 1. The Morgan fingerprint density at radius 3 is 2.38 bits per heavy atom. The van der Waals surface area contributed by atoms with Crippen molar-refractivity contribution in [1.29, 1.82) is 0 Å². The molecule has 0 aliphatic heterocycles. The fourth-order valence-corrected chi connectivity index (χ4v) is 2.55. The van der Waals surface area contributed by atoms with Crippen molar-refractivity contribution in [3.05, 3.63) is 53.1 Å². The predicted octanol–water partition coefficient (Wildman–Crippen LogP) is 4.48. The van der Waals surface area contributed by atoms with Crippen LogP contribution in [0.1, 0.15) is 30.5 Å². The van der Waals surface area contributed by atoms with Crippen LogP contribution in [0.4, 0.5) is 0 Å². The molecule has 0 unspecified atom stereocenters. The van der Waals surface area contributed by atoms with Gasteiger partial charge in [0.15, 0.2) is 0 Å². The minimum atomic E-state index is 0.483. The molecule has 0 bridgehead atoms. The predicted molar refractivity (Wildman–Crippen MR) is 89.9 cm³/mol. The first kappa shape index (κ1) is 15.6. The summed E-state index contributed by atoms with van der Waals surface area (Å²) in [5, 5.41) is 3.50. The van der Waals surface area contributed by atoms with Crippen molar-refractivity contribution in [3.8, 4) is 16.9 Å². The van der Waals surface area contributed by atoms with E-state index in [0.717, 1.165) is 12.3 Å². The van der Waals surface area contributed by atoms with Crippen LogP contribution < -0.4 is 10.1 Å². The lowest BCUT2D eigenvalue weighted by molar-refractivity contribution is 0.411. The van der Waals surface area contributed by atoms with Crippen LogP contribution in [0.15, 0.2) is 36.4 Å². The minimum absolute atomic E-state index is 0.483. The number of ether oxygens (including phenoxy) is 1. The topological polar surface area (TPSA) is 21.3 Å². The molecule has 0 radical (unpaired) electrons. The summed E-state index contributed by atoms with van der Waals surface area (Å²) in [5.41, 5.74) is 6.33. The standard InChI is InChI=1S/C19H25NO/c1-13(2)20-12-16-8-6-7-9-17(16)18-10-15(4)19(21-5)11-14(18)3/h6-11,13,20H,12H2,1-5H3. The molecule has 0 aliphatic carbocycles. The third-order valence-corrected chi connectivity index (χ3v) is 3.75. The Morgan fingerprint density at radius 1 is 1.00 bits per heavy atom. The molecule has 0 aliphatic rings. The van der Waals surface area contributed by atoms with Gasteiger partial charge in [0.1, 0.15) is 5.75 Å². The van der Waals surface area contributed by atoms with Crippen LogP contribution in [0, 0.1) is 13.8 Å². The second kappa shape index (κ2) is 6.77. The molecule has 0 amide bonds. The van der Waals surface area contributed by atoms with Gasteiger partial charge in [0.25, 0.3) is 0 Å². The highest BCUT2D eigenvalue weighted by atomic mass is 16.5. The van der Waals surface area contributed by atoms with Crippen molar-refractivity contribution in [1.82, 2.24) is 5.32 Å². The molecule has 1 N–H and O–H groups in total.